The first-order chi connectivity index (χ1) is 7.86. The zero-order valence-electron chi connectivity index (χ0n) is 9.65. The van der Waals surface area contributed by atoms with Crippen LogP contribution in [0.2, 0.25) is 0 Å². The fraction of sp³-hybridized carbons (Fsp3) is 1.00. The lowest BCUT2D eigenvalue weighted by molar-refractivity contribution is -0.255. The quantitative estimate of drug-likeness (QED) is 0.510. The molecular weight excluding hydrogens is 208 g/mol. The van der Waals surface area contributed by atoms with E-state index in [1.807, 2.05) is 0 Å². The van der Waals surface area contributed by atoms with Crippen LogP contribution in [-0.4, -0.2) is 44.4 Å². The Morgan fingerprint density at radius 1 is 0.875 bits per heavy atom. The Morgan fingerprint density at radius 2 is 1.38 bits per heavy atom. The van der Waals surface area contributed by atoms with E-state index in [0.717, 1.165) is 26.1 Å². The van der Waals surface area contributed by atoms with E-state index in [0.29, 0.717) is 25.4 Å². The minimum atomic E-state index is -0.337. The molecule has 4 heteroatoms. The van der Waals surface area contributed by atoms with Crippen LogP contribution in [0.5, 0.6) is 0 Å². The first-order valence-corrected chi connectivity index (χ1v) is 6.37. The molecule has 0 spiro atoms. The van der Waals surface area contributed by atoms with Gasteiger partial charge in [0.2, 0.25) is 0 Å². The molecule has 2 saturated heterocycles. The van der Waals surface area contributed by atoms with Gasteiger partial charge in [0.25, 0.3) is 0 Å². The molecule has 0 N–H and O–H groups in total. The summed E-state index contributed by atoms with van der Waals surface area (Å²) in [5.74, 6) is -0.337. The topological polar surface area (TPSA) is 43.5 Å². The summed E-state index contributed by atoms with van der Waals surface area (Å²) >= 11 is 0. The number of hydrogen-bond donors (Lipinski definition) is 0. The summed E-state index contributed by atoms with van der Waals surface area (Å²) in [5.41, 5.74) is 0. The molecule has 0 aromatic carbocycles. The summed E-state index contributed by atoms with van der Waals surface area (Å²) in [6, 6.07) is 0. The standard InChI is InChI=1S/C12H20O4/c1-2-4-12(5-3-1,15-8-10-6-13-10)16-9-11-7-14-11/h10-11H,1-9H2. The Labute approximate surface area is 96.2 Å². The van der Waals surface area contributed by atoms with Crippen molar-refractivity contribution >= 4 is 0 Å². The molecule has 16 heavy (non-hydrogen) atoms. The summed E-state index contributed by atoms with van der Waals surface area (Å²) < 4.78 is 22.3. The van der Waals surface area contributed by atoms with Crippen molar-refractivity contribution < 1.29 is 18.9 Å². The molecular formula is C12H20O4. The third kappa shape index (κ3) is 2.94. The van der Waals surface area contributed by atoms with Gasteiger partial charge >= 0.3 is 0 Å². The van der Waals surface area contributed by atoms with Gasteiger partial charge in [0, 0.05) is 12.8 Å². The van der Waals surface area contributed by atoms with E-state index in [-0.39, 0.29) is 5.79 Å². The molecule has 1 saturated carbocycles. The van der Waals surface area contributed by atoms with Gasteiger partial charge in [-0.15, -0.1) is 0 Å². The molecule has 2 aliphatic heterocycles. The Hall–Kier alpha value is -0.160. The van der Waals surface area contributed by atoms with Crippen LogP contribution in [0, 0.1) is 0 Å². The monoisotopic (exact) mass is 228 g/mol. The maximum absolute atomic E-state index is 5.97. The number of epoxide rings is 2. The van der Waals surface area contributed by atoms with E-state index >= 15 is 0 Å². The second kappa shape index (κ2) is 4.61. The molecule has 1 aliphatic carbocycles. The van der Waals surface area contributed by atoms with Gasteiger partial charge in [-0.1, -0.05) is 6.42 Å². The summed E-state index contributed by atoms with van der Waals surface area (Å²) in [5, 5.41) is 0. The van der Waals surface area contributed by atoms with Gasteiger partial charge in [-0.2, -0.15) is 0 Å². The van der Waals surface area contributed by atoms with Crippen LogP contribution < -0.4 is 0 Å². The molecule has 4 nitrogen and oxygen atoms in total. The summed E-state index contributed by atoms with van der Waals surface area (Å²) in [6.45, 7) is 3.07. The molecule has 3 fully saturated rings. The Morgan fingerprint density at radius 3 is 1.81 bits per heavy atom. The summed E-state index contributed by atoms with van der Waals surface area (Å²) in [4.78, 5) is 0. The minimum Gasteiger partial charge on any atom is -0.371 e. The van der Waals surface area contributed by atoms with Crippen molar-refractivity contribution in [1.29, 1.82) is 0 Å². The molecule has 0 radical (unpaired) electrons. The van der Waals surface area contributed by atoms with Crippen LogP contribution in [0.3, 0.4) is 0 Å². The largest absolute Gasteiger partial charge is 0.371 e. The van der Waals surface area contributed by atoms with Crippen molar-refractivity contribution in [3.8, 4) is 0 Å². The molecule has 3 rings (SSSR count). The highest BCUT2D eigenvalue weighted by molar-refractivity contribution is 4.80. The summed E-state index contributed by atoms with van der Waals surface area (Å²) in [6.07, 6.45) is 6.39. The third-order valence-corrected chi connectivity index (χ3v) is 3.48. The molecule has 0 aromatic heterocycles. The van der Waals surface area contributed by atoms with Crippen LogP contribution in [0.1, 0.15) is 32.1 Å². The summed E-state index contributed by atoms with van der Waals surface area (Å²) in [7, 11) is 0. The predicted octanol–water partition coefficient (Wildman–Crippen LogP) is 1.48. The van der Waals surface area contributed by atoms with E-state index in [2.05, 4.69) is 0 Å². The molecule has 2 unspecified atom stereocenters. The van der Waals surface area contributed by atoms with Crippen molar-refractivity contribution in [2.45, 2.75) is 50.1 Å². The van der Waals surface area contributed by atoms with E-state index in [1.54, 1.807) is 0 Å². The molecule has 0 amide bonds. The molecule has 3 aliphatic rings. The predicted molar refractivity (Wildman–Crippen MR) is 57.2 cm³/mol. The van der Waals surface area contributed by atoms with E-state index in [9.17, 15) is 0 Å². The SMILES string of the molecule is C1CCC(OCC2CO2)(OCC2CO2)CC1. The van der Waals surface area contributed by atoms with E-state index < -0.39 is 0 Å². The van der Waals surface area contributed by atoms with Crippen LogP contribution >= 0.6 is 0 Å². The lowest BCUT2D eigenvalue weighted by Crippen LogP contribution is -2.40. The smallest absolute Gasteiger partial charge is 0.168 e. The van der Waals surface area contributed by atoms with Crippen LogP contribution in [-0.2, 0) is 18.9 Å². The number of ether oxygens (including phenoxy) is 4. The molecule has 2 atom stereocenters. The van der Waals surface area contributed by atoms with Crippen molar-refractivity contribution in [3.05, 3.63) is 0 Å². The second-order valence-corrected chi connectivity index (χ2v) is 5.00. The average molecular weight is 228 g/mol. The van der Waals surface area contributed by atoms with Gasteiger partial charge in [0.05, 0.1) is 26.4 Å². The zero-order valence-corrected chi connectivity index (χ0v) is 9.65. The third-order valence-electron chi connectivity index (χ3n) is 3.48. The molecule has 92 valence electrons. The normalized spacial score (nSPS) is 36.0. The zero-order chi connectivity index (χ0) is 10.8. The van der Waals surface area contributed by atoms with Gasteiger partial charge in [-0.3, -0.25) is 0 Å². The Balaban J connectivity index is 1.50. The van der Waals surface area contributed by atoms with Crippen LogP contribution in [0.15, 0.2) is 0 Å². The van der Waals surface area contributed by atoms with Crippen molar-refractivity contribution in [2.24, 2.45) is 0 Å². The van der Waals surface area contributed by atoms with Gasteiger partial charge in [0.15, 0.2) is 5.79 Å². The average Bonchev–Trinajstić information content (AvgIpc) is 3.18. The number of hydrogen-bond acceptors (Lipinski definition) is 4. The van der Waals surface area contributed by atoms with E-state index in [4.69, 9.17) is 18.9 Å². The maximum atomic E-state index is 5.97. The van der Waals surface area contributed by atoms with Gasteiger partial charge in [0.1, 0.15) is 12.2 Å². The first-order valence-electron chi connectivity index (χ1n) is 6.37. The highest BCUT2D eigenvalue weighted by atomic mass is 16.7. The highest BCUT2D eigenvalue weighted by Crippen LogP contribution is 2.34. The fourth-order valence-electron chi connectivity index (χ4n) is 2.24. The Bertz CT molecular complexity index is 211. The lowest BCUT2D eigenvalue weighted by Gasteiger charge is -2.36. The number of rotatable bonds is 6. The van der Waals surface area contributed by atoms with Crippen molar-refractivity contribution in [3.63, 3.8) is 0 Å². The first kappa shape index (κ1) is 11.0. The minimum absolute atomic E-state index is 0.319. The Kier molecular flexibility index (Phi) is 3.16. The highest BCUT2D eigenvalue weighted by Gasteiger charge is 2.38. The van der Waals surface area contributed by atoms with Crippen molar-refractivity contribution in [1.82, 2.24) is 0 Å². The van der Waals surface area contributed by atoms with Gasteiger partial charge in [-0.05, 0) is 12.8 Å². The van der Waals surface area contributed by atoms with Gasteiger partial charge < -0.3 is 18.9 Å². The maximum Gasteiger partial charge on any atom is 0.168 e. The lowest BCUT2D eigenvalue weighted by atomic mass is 9.94. The van der Waals surface area contributed by atoms with Gasteiger partial charge in [-0.25, -0.2) is 0 Å². The van der Waals surface area contributed by atoms with Crippen LogP contribution in [0.25, 0.3) is 0 Å². The van der Waals surface area contributed by atoms with Crippen LogP contribution in [0.4, 0.5) is 0 Å². The second-order valence-electron chi connectivity index (χ2n) is 5.00. The van der Waals surface area contributed by atoms with E-state index in [1.165, 1.54) is 19.3 Å². The fourth-order valence-corrected chi connectivity index (χ4v) is 2.24. The molecule has 0 aromatic rings. The van der Waals surface area contributed by atoms with Crippen molar-refractivity contribution in [2.75, 3.05) is 26.4 Å². The molecule has 0 bridgehead atoms. The molecule has 2 heterocycles.